The number of aromatic nitrogens is 4. The minimum Gasteiger partial charge on any atom is -0.462 e. The Kier molecular flexibility index (Phi) is 4.72. The highest BCUT2D eigenvalue weighted by atomic mass is 19.1. The third kappa shape index (κ3) is 3.35. The van der Waals surface area contributed by atoms with Crippen molar-refractivity contribution in [1.82, 2.24) is 19.6 Å². The minimum absolute atomic E-state index is 0.265. The molecule has 9 heteroatoms. The average molecular weight is 423 g/mol. The maximum absolute atomic E-state index is 14.4. The van der Waals surface area contributed by atoms with E-state index in [1.807, 2.05) is 4.90 Å². The molecule has 0 N–H and O–H groups in total. The number of fused-ring (bicyclic) bond motifs is 3. The van der Waals surface area contributed by atoms with Gasteiger partial charge in [-0.2, -0.15) is 0 Å². The van der Waals surface area contributed by atoms with Crippen LogP contribution in [-0.2, 0) is 4.74 Å². The van der Waals surface area contributed by atoms with Gasteiger partial charge in [0, 0.05) is 24.5 Å². The number of carbonyl (C=O) groups is 1. The number of carbonyl (C=O) groups excluding carboxylic acids is 1. The molecule has 0 radical (unpaired) electrons. The van der Waals surface area contributed by atoms with Crippen LogP contribution in [0, 0.1) is 11.6 Å². The largest absolute Gasteiger partial charge is 0.462 e. The summed E-state index contributed by atoms with van der Waals surface area (Å²) < 4.78 is 34.8. The molecule has 31 heavy (non-hydrogen) atoms. The van der Waals surface area contributed by atoms with E-state index in [9.17, 15) is 13.6 Å². The number of nitrogens with zero attached hydrogens (tertiary/aromatic N) is 5. The molecule has 4 heterocycles. The number of halogens is 2. The predicted molar refractivity (Wildman–Crippen MR) is 110 cm³/mol. The van der Waals surface area contributed by atoms with Crippen LogP contribution in [0.4, 0.5) is 14.6 Å². The van der Waals surface area contributed by atoms with Crippen LogP contribution in [0.15, 0.2) is 42.7 Å². The van der Waals surface area contributed by atoms with E-state index in [2.05, 4.69) is 10.1 Å². The van der Waals surface area contributed by atoms with Gasteiger partial charge in [0.25, 0.3) is 0 Å². The van der Waals surface area contributed by atoms with Crippen molar-refractivity contribution >= 4 is 28.5 Å². The standard InChI is InChI=1S/C22H19F2N5O2/c1-2-31-22(30)13-10-16-20(25-12-13)27-29-9-7-19(26-21(16)29)28-8-3-4-18(28)15-11-14(23)5-6-17(15)24/h5-7,9-12,18H,2-4,8H2,1H3. The van der Waals surface area contributed by atoms with Crippen molar-refractivity contribution < 1.29 is 18.3 Å². The van der Waals surface area contributed by atoms with E-state index in [0.29, 0.717) is 46.6 Å². The fourth-order valence-corrected chi connectivity index (χ4v) is 4.09. The normalized spacial score (nSPS) is 16.4. The second kappa shape index (κ2) is 7.57. The molecular formula is C22H19F2N5O2. The van der Waals surface area contributed by atoms with Crippen LogP contribution in [0.3, 0.4) is 0 Å². The number of benzene rings is 1. The molecule has 0 saturated carbocycles. The molecule has 0 amide bonds. The summed E-state index contributed by atoms with van der Waals surface area (Å²) >= 11 is 0. The zero-order valence-corrected chi connectivity index (χ0v) is 16.8. The van der Waals surface area contributed by atoms with Gasteiger partial charge in [0.05, 0.1) is 23.6 Å². The Morgan fingerprint density at radius 3 is 2.97 bits per heavy atom. The van der Waals surface area contributed by atoms with E-state index < -0.39 is 17.6 Å². The first kappa shape index (κ1) is 19.3. The number of esters is 1. The smallest absolute Gasteiger partial charge is 0.339 e. The minimum atomic E-state index is -0.467. The summed E-state index contributed by atoms with van der Waals surface area (Å²) in [5.74, 6) is -0.737. The van der Waals surface area contributed by atoms with Gasteiger partial charge in [-0.15, -0.1) is 5.10 Å². The molecule has 1 aromatic carbocycles. The van der Waals surface area contributed by atoms with Gasteiger partial charge >= 0.3 is 5.97 Å². The second-order valence-corrected chi connectivity index (χ2v) is 7.39. The SMILES string of the molecule is CCOC(=O)c1cnc2nn3ccc(N4CCCC4c4cc(F)ccc4F)nc3c2c1. The molecule has 0 bridgehead atoms. The second-order valence-electron chi connectivity index (χ2n) is 7.39. The predicted octanol–water partition coefficient (Wildman–Crippen LogP) is 4.07. The van der Waals surface area contributed by atoms with E-state index in [1.54, 1.807) is 29.8 Å². The van der Waals surface area contributed by atoms with Crippen LogP contribution in [0.1, 0.15) is 41.7 Å². The molecule has 5 rings (SSSR count). The Balaban J connectivity index is 1.58. The summed E-state index contributed by atoms with van der Waals surface area (Å²) in [5.41, 5.74) is 1.62. The molecule has 0 spiro atoms. The summed E-state index contributed by atoms with van der Waals surface area (Å²) in [6, 6.07) is 6.67. The summed E-state index contributed by atoms with van der Waals surface area (Å²) in [6.45, 7) is 2.67. The Morgan fingerprint density at radius 2 is 2.13 bits per heavy atom. The number of hydrogen-bond acceptors (Lipinski definition) is 6. The highest BCUT2D eigenvalue weighted by molar-refractivity contribution is 5.97. The molecule has 1 saturated heterocycles. The van der Waals surface area contributed by atoms with E-state index in [-0.39, 0.29) is 12.6 Å². The molecule has 3 aromatic heterocycles. The van der Waals surface area contributed by atoms with Crippen LogP contribution < -0.4 is 4.90 Å². The Labute approximate surface area is 176 Å². The van der Waals surface area contributed by atoms with Gasteiger partial charge in [0.15, 0.2) is 11.3 Å². The van der Waals surface area contributed by atoms with Gasteiger partial charge in [0.1, 0.15) is 17.5 Å². The number of anilines is 1. The zero-order chi connectivity index (χ0) is 21.5. The summed E-state index contributed by atoms with van der Waals surface area (Å²) in [7, 11) is 0. The first-order valence-corrected chi connectivity index (χ1v) is 10.1. The Bertz CT molecular complexity index is 1310. The van der Waals surface area contributed by atoms with Gasteiger partial charge in [0.2, 0.25) is 0 Å². The van der Waals surface area contributed by atoms with Crippen LogP contribution in [0.2, 0.25) is 0 Å². The molecule has 1 aliphatic heterocycles. The number of rotatable bonds is 4. The first-order valence-electron chi connectivity index (χ1n) is 10.1. The maximum atomic E-state index is 14.4. The van der Waals surface area contributed by atoms with Gasteiger partial charge < -0.3 is 9.64 Å². The lowest BCUT2D eigenvalue weighted by Gasteiger charge is -2.26. The van der Waals surface area contributed by atoms with E-state index in [4.69, 9.17) is 9.72 Å². The van der Waals surface area contributed by atoms with Crippen molar-refractivity contribution in [2.24, 2.45) is 0 Å². The third-order valence-electron chi connectivity index (χ3n) is 5.49. The molecule has 1 unspecified atom stereocenters. The maximum Gasteiger partial charge on any atom is 0.339 e. The topological polar surface area (TPSA) is 72.6 Å². The summed E-state index contributed by atoms with van der Waals surface area (Å²) in [4.78, 5) is 23.1. The molecule has 0 aliphatic carbocycles. The molecule has 7 nitrogen and oxygen atoms in total. The number of hydrogen-bond donors (Lipinski definition) is 0. The highest BCUT2D eigenvalue weighted by Crippen LogP contribution is 2.37. The number of pyridine rings is 1. The highest BCUT2D eigenvalue weighted by Gasteiger charge is 2.30. The van der Waals surface area contributed by atoms with Crippen LogP contribution in [0.5, 0.6) is 0 Å². The molecule has 1 aliphatic rings. The molecule has 4 aromatic rings. The molecule has 1 atom stereocenters. The van der Waals surface area contributed by atoms with Crippen LogP contribution in [0.25, 0.3) is 16.7 Å². The van der Waals surface area contributed by atoms with Gasteiger partial charge in [-0.1, -0.05) is 0 Å². The fourth-order valence-electron chi connectivity index (χ4n) is 4.09. The summed E-state index contributed by atoms with van der Waals surface area (Å²) in [6.07, 6.45) is 4.71. The van der Waals surface area contributed by atoms with Crippen molar-refractivity contribution in [3.8, 4) is 0 Å². The molecule has 158 valence electrons. The van der Waals surface area contributed by atoms with Crippen LogP contribution >= 0.6 is 0 Å². The van der Waals surface area contributed by atoms with Crippen molar-refractivity contribution in [3.63, 3.8) is 0 Å². The van der Waals surface area contributed by atoms with Crippen molar-refractivity contribution in [1.29, 1.82) is 0 Å². The first-order chi connectivity index (χ1) is 15.0. The Hall–Kier alpha value is -3.62. The lowest BCUT2D eigenvalue weighted by Crippen LogP contribution is -2.24. The fraction of sp³-hybridized carbons (Fsp3) is 0.273. The van der Waals surface area contributed by atoms with Crippen molar-refractivity contribution in [3.05, 3.63) is 65.5 Å². The quantitative estimate of drug-likeness (QED) is 0.461. The van der Waals surface area contributed by atoms with E-state index in [1.165, 1.54) is 12.3 Å². The third-order valence-corrected chi connectivity index (χ3v) is 5.49. The van der Waals surface area contributed by atoms with Crippen molar-refractivity contribution in [2.75, 3.05) is 18.1 Å². The van der Waals surface area contributed by atoms with E-state index >= 15 is 0 Å². The zero-order valence-electron chi connectivity index (χ0n) is 16.8. The molecule has 1 fully saturated rings. The molecular weight excluding hydrogens is 404 g/mol. The van der Waals surface area contributed by atoms with Crippen LogP contribution in [-0.4, -0.2) is 38.7 Å². The van der Waals surface area contributed by atoms with Gasteiger partial charge in [-0.25, -0.2) is 28.1 Å². The van der Waals surface area contributed by atoms with Crippen molar-refractivity contribution in [2.45, 2.75) is 25.8 Å². The van der Waals surface area contributed by atoms with Gasteiger partial charge in [-0.05, 0) is 50.1 Å². The summed E-state index contributed by atoms with van der Waals surface area (Å²) in [5, 5.41) is 5.01. The Morgan fingerprint density at radius 1 is 1.26 bits per heavy atom. The lowest BCUT2D eigenvalue weighted by molar-refractivity contribution is 0.0526. The monoisotopic (exact) mass is 423 g/mol. The van der Waals surface area contributed by atoms with E-state index in [0.717, 1.165) is 18.6 Å². The number of ether oxygens (including phenoxy) is 1. The van der Waals surface area contributed by atoms with Gasteiger partial charge in [-0.3, -0.25) is 0 Å². The lowest BCUT2D eigenvalue weighted by atomic mass is 10.0. The average Bonchev–Trinajstić information content (AvgIpc) is 3.39.